The second-order valence-corrected chi connectivity index (χ2v) is 8.43. The third-order valence-corrected chi connectivity index (χ3v) is 6.33. The average molecular weight is 431 g/mol. The molecule has 4 rings (SSSR count). The molecule has 0 saturated heterocycles. The Bertz CT molecular complexity index is 1270. The Hall–Kier alpha value is -3.58. The maximum Gasteiger partial charge on any atom is 0.225 e. The lowest BCUT2D eigenvalue weighted by Crippen LogP contribution is -2.06. The highest BCUT2D eigenvalue weighted by atomic mass is 32.1. The van der Waals surface area contributed by atoms with Crippen molar-refractivity contribution in [2.75, 3.05) is 5.32 Å². The maximum absolute atomic E-state index is 13.4. The summed E-state index contributed by atoms with van der Waals surface area (Å²) in [5, 5.41) is 12.3. The molecule has 2 heterocycles. The fourth-order valence-corrected chi connectivity index (χ4v) is 4.69. The molecule has 0 saturated carbocycles. The van der Waals surface area contributed by atoms with Gasteiger partial charge in [0.1, 0.15) is 5.00 Å². The van der Waals surface area contributed by atoms with Gasteiger partial charge in [0.2, 0.25) is 5.78 Å². The number of hydrogen-bond acceptors (Lipinski definition) is 6. The van der Waals surface area contributed by atoms with E-state index in [4.69, 9.17) is 0 Å². The number of Topliss-reactive ketones (excluding diaryl/α,β-unsaturated/α-hetero) is 1. The van der Waals surface area contributed by atoms with Gasteiger partial charge in [-0.2, -0.15) is 0 Å². The Morgan fingerprint density at radius 1 is 0.968 bits per heavy atom. The van der Waals surface area contributed by atoms with Gasteiger partial charge in [-0.25, -0.2) is 4.68 Å². The first-order chi connectivity index (χ1) is 14.9. The second kappa shape index (κ2) is 8.28. The Labute approximate surface area is 184 Å². The van der Waals surface area contributed by atoms with Crippen molar-refractivity contribution >= 4 is 33.6 Å². The van der Waals surface area contributed by atoms with Crippen molar-refractivity contribution in [1.82, 2.24) is 15.0 Å². The molecule has 6 nitrogen and oxygen atoms in total. The third-order valence-electron chi connectivity index (χ3n) is 5.12. The molecule has 0 atom stereocenters. The molecule has 0 aliphatic heterocycles. The van der Waals surface area contributed by atoms with E-state index in [1.54, 1.807) is 11.6 Å². The quantitative estimate of drug-likeness (QED) is 0.413. The minimum atomic E-state index is -0.234. The molecule has 0 bridgehead atoms. The summed E-state index contributed by atoms with van der Waals surface area (Å²) in [6.07, 6.45) is 0. The van der Waals surface area contributed by atoms with E-state index in [0.29, 0.717) is 26.7 Å². The molecular formula is C24H22N4O2S. The lowest BCUT2D eigenvalue weighted by atomic mass is 10.0. The highest BCUT2D eigenvalue weighted by molar-refractivity contribution is 7.18. The van der Waals surface area contributed by atoms with Gasteiger partial charge in [-0.15, -0.1) is 16.4 Å². The number of carbonyl (C=O) groups is 2. The maximum atomic E-state index is 13.4. The van der Waals surface area contributed by atoms with Gasteiger partial charge in [-0.1, -0.05) is 41.1 Å². The number of anilines is 2. The van der Waals surface area contributed by atoms with Crippen LogP contribution in [0.5, 0.6) is 0 Å². The van der Waals surface area contributed by atoms with Crippen LogP contribution in [-0.4, -0.2) is 26.6 Å². The van der Waals surface area contributed by atoms with Gasteiger partial charge >= 0.3 is 0 Å². The summed E-state index contributed by atoms with van der Waals surface area (Å²) in [7, 11) is 0. The van der Waals surface area contributed by atoms with Gasteiger partial charge in [0.15, 0.2) is 11.5 Å². The molecule has 2 aromatic heterocycles. The van der Waals surface area contributed by atoms with E-state index in [2.05, 4.69) is 15.6 Å². The number of hydrogen-bond donors (Lipinski definition) is 1. The van der Waals surface area contributed by atoms with Crippen LogP contribution in [0.3, 0.4) is 0 Å². The van der Waals surface area contributed by atoms with Crippen molar-refractivity contribution in [1.29, 1.82) is 0 Å². The van der Waals surface area contributed by atoms with Crippen LogP contribution in [0.2, 0.25) is 0 Å². The van der Waals surface area contributed by atoms with E-state index in [-0.39, 0.29) is 17.3 Å². The largest absolute Gasteiger partial charge is 0.347 e. The number of rotatable bonds is 6. The van der Waals surface area contributed by atoms with Crippen molar-refractivity contribution in [2.24, 2.45) is 0 Å². The van der Waals surface area contributed by atoms with E-state index >= 15 is 0 Å². The molecule has 7 heteroatoms. The van der Waals surface area contributed by atoms with E-state index in [9.17, 15) is 9.59 Å². The van der Waals surface area contributed by atoms with Crippen molar-refractivity contribution in [3.63, 3.8) is 0 Å². The predicted octanol–water partition coefficient (Wildman–Crippen LogP) is 5.43. The summed E-state index contributed by atoms with van der Waals surface area (Å²) >= 11 is 1.27. The minimum absolute atomic E-state index is 0.0914. The normalized spacial score (nSPS) is 10.8. The summed E-state index contributed by atoms with van der Waals surface area (Å²) in [4.78, 5) is 26.2. The summed E-state index contributed by atoms with van der Waals surface area (Å²) in [6.45, 7) is 7.15. The van der Waals surface area contributed by atoms with Crippen molar-refractivity contribution < 1.29 is 9.59 Å². The van der Waals surface area contributed by atoms with Crippen LogP contribution >= 0.6 is 11.3 Å². The molecule has 0 unspecified atom stereocenters. The van der Waals surface area contributed by atoms with Crippen molar-refractivity contribution in [3.05, 3.63) is 87.6 Å². The second-order valence-electron chi connectivity index (χ2n) is 7.41. The van der Waals surface area contributed by atoms with Gasteiger partial charge in [-0.3, -0.25) is 9.59 Å². The van der Waals surface area contributed by atoms with Crippen molar-refractivity contribution in [3.8, 4) is 5.69 Å². The standard InChI is InChI=1S/C24H22N4O2S/c1-14-10-12-19(13-11-14)28-16(3)21(26-27-28)22(30)23-15(2)20(17(4)29)24(31-23)25-18-8-6-5-7-9-18/h5-13,25H,1-4H3. The number of para-hydroxylation sites is 1. The zero-order valence-corrected chi connectivity index (χ0v) is 18.6. The molecular weight excluding hydrogens is 408 g/mol. The number of aryl methyl sites for hydroxylation is 1. The van der Waals surface area contributed by atoms with Crippen LogP contribution in [0.4, 0.5) is 10.7 Å². The van der Waals surface area contributed by atoms with E-state index in [0.717, 1.165) is 16.9 Å². The Morgan fingerprint density at radius 3 is 2.29 bits per heavy atom. The van der Waals surface area contributed by atoms with Gasteiger partial charge in [0, 0.05) is 5.69 Å². The van der Waals surface area contributed by atoms with Crippen LogP contribution in [0, 0.1) is 20.8 Å². The first-order valence-electron chi connectivity index (χ1n) is 9.87. The van der Waals surface area contributed by atoms with E-state index < -0.39 is 0 Å². The lowest BCUT2D eigenvalue weighted by molar-refractivity contribution is 0.101. The van der Waals surface area contributed by atoms with Crippen molar-refractivity contribution in [2.45, 2.75) is 27.7 Å². The topological polar surface area (TPSA) is 76.9 Å². The van der Waals surface area contributed by atoms with Crippen LogP contribution in [0.25, 0.3) is 5.69 Å². The van der Waals surface area contributed by atoms with Gasteiger partial charge in [0.25, 0.3) is 0 Å². The van der Waals surface area contributed by atoms with Gasteiger partial charge < -0.3 is 5.32 Å². The number of nitrogens with one attached hydrogen (secondary N) is 1. The Kier molecular flexibility index (Phi) is 5.52. The smallest absolute Gasteiger partial charge is 0.225 e. The molecule has 0 amide bonds. The molecule has 156 valence electrons. The summed E-state index contributed by atoms with van der Waals surface area (Å²) in [5.41, 5.74) is 4.96. The molecule has 0 aliphatic rings. The van der Waals surface area contributed by atoms with E-state index in [1.165, 1.54) is 18.3 Å². The van der Waals surface area contributed by atoms with Gasteiger partial charge in [-0.05, 0) is 57.5 Å². The monoisotopic (exact) mass is 430 g/mol. The van der Waals surface area contributed by atoms with Gasteiger partial charge in [0.05, 0.1) is 21.8 Å². The first kappa shape index (κ1) is 20.7. The van der Waals surface area contributed by atoms with Crippen LogP contribution in [0.1, 0.15) is 49.5 Å². The van der Waals surface area contributed by atoms with Crippen LogP contribution in [0.15, 0.2) is 54.6 Å². The zero-order chi connectivity index (χ0) is 22.1. The molecule has 4 aromatic rings. The molecule has 0 radical (unpaired) electrons. The van der Waals surface area contributed by atoms with Crippen LogP contribution < -0.4 is 5.32 Å². The number of carbonyl (C=O) groups excluding carboxylic acids is 2. The third kappa shape index (κ3) is 3.92. The fourth-order valence-electron chi connectivity index (χ4n) is 3.47. The lowest BCUT2D eigenvalue weighted by Gasteiger charge is -2.05. The highest BCUT2D eigenvalue weighted by Crippen LogP contribution is 2.36. The Morgan fingerprint density at radius 2 is 1.65 bits per heavy atom. The molecule has 0 spiro atoms. The first-order valence-corrected chi connectivity index (χ1v) is 10.7. The number of nitrogens with zero attached hydrogens (tertiary/aromatic N) is 3. The summed E-state index contributed by atoms with van der Waals surface area (Å²) < 4.78 is 1.66. The molecule has 0 aliphatic carbocycles. The molecule has 0 fully saturated rings. The number of benzene rings is 2. The number of ketones is 2. The molecule has 31 heavy (non-hydrogen) atoms. The molecule has 1 N–H and O–H groups in total. The number of thiophene rings is 1. The zero-order valence-electron chi connectivity index (χ0n) is 17.8. The number of aromatic nitrogens is 3. The van der Waals surface area contributed by atoms with E-state index in [1.807, 2.05) is 68.4 Å². The summed E-state index contributed by atoms with van der Waals surface area (Å²) in [6, 6.07) is 17.4. The fraction of sp³-hybridized carbons (Fsp3) is 0.167. The predicted molar refractivity (Wildman–Crippen MR) is 123 cm³/mol. The SMILES string of the molecule is CC(=O)c1c(Nc2ccccc2)sc(C(=O)c2nnn(-c3ccc(C)cc3)c2C)c1C. The average Bonchev–Trinajstić information content (AvgIpc) is 3.29. The minimum Gasteiger partial charge on any atom is -0.347 e. The van der Waals surface area contributed by atoms with Crippen LogP contribution in [-0.2, 0) is 0 Å². The highest BCUT2D eigenvalue weighted by Gasteiger charge is 2.27. The Balaban J connectivity index is 1.73. The summed E-state index contributed by atoms with van der Waals surface area (Å²) in [5.74, 6) is -0.326. The molecule has 2 aromatic carbocycles.